The van der Waals surface area contributed by atoms with E-state index in [1.807, 2.05) is 27.7 Å². The molecular weight excluding hydrogens is 154 g/mol. The lowest BCUT2D eigenvalue weighted by molar-refractivity contribution is -0.261. The Hall–Kier alpha value is -0.120. The van der Waals surface area contributed by atoms with Crippen molar-refractivity contribution in [3.05, 3.63) is 0 Å². The highest BCUT2D eigenvalue weighted by Gasteiger charge is 2.44. The maximum Gasteiger partial charge on any atom is 0.0966 e. The van der Waals surface area contributed by atoms with Gasteiger partial charge in [0.15, 0.2) is 0 Å². The maximum absolute atomic E-state index is 11.4. The highest BCUT2D eigenvalue weighted by Crippen LogP contribution is 2.36. The molecule has 0 spiro atoms. The van der Waals surface area contributed by atoms with Crippen LogP contribution in [0.2, 0.25) is 0 Å². The Morgan fingerprint density at radius 3 is 1.83 bits per heavy atom. The SMILES string of the molecule is CC1(C)CC([O])CC(C)(C)N1O. The smallest absolute Gasteiger partial charge is 0.0966 e. The minimum Gasteiger partial charge on any atom is -0.313 e. The van der Waals surface area contributed by atoms with Crippen LogP contribution >= 0.6 is 0 Å². The summed E-state index contributed by atoms with van der Waals surface area (Å²) in [5.74, 6) is 0. The molecule has 1 N–H and O–H groups in total. The van der Waals surface area contributed by atoms with E-state index in [2.05, 4.69) is 0 Å². The summed E-state index contributed by atoms with van der Waals surface area (Å²) in [7, 11) is 0. The molecule has 0 saturated carbocycles. The van der Waals surface area contributed by atoms with Crippen molar-refractivity contribution in [2.24, 2.45) is 0 Å². The Labute approximate surface area is 74.0 Å². The first-order valence-electron chi connectivity index (χ1n) is 4.41. The van der Waals surface area contributed by atoms with E-state index in [1.54, 1.807) is 0 Å². The molecule has 1 rings (SSSR count). The lowest BCUT2D eigenvalue weighted by Crippen LogP contribution is -2.59. The summed E-state index contributed by atoms with van der Waals surface area (Å²) in [4.78, 5) is 0. The van der Waals surface area contributed by atoms with Gasteiger partial charge >= 0.3 is 0 Å². The summed E-state index contributed by atoms with van der Waals surface area (Å²) < 4.78 is 0. The van der Waals surface area contributed by atoms with Crippen molar-refractivity contribution in [3.8, 4) is 0 Å². The van der Waals surface area contributed by atoms with Crippen molar-refractivity contribution in [3.63, 3.8) is 0 Å². The van der Waals surface area contributed by atoms with Gasteiger partial charge in [0.1, 0.15) is 0 Å². The van der Waals surface area contributed by atoms with E-state index in [0.717, 1.165) is 0 Å². The molecule has 1 aliphatic rings. The molecule has 1 saturated heterocycles. The molecule has 1 aliphatic heterocycles. The fourth-order valence-electron chi connectivity index (χ4n) is 2.18. The van der Waals surface area contributed by atoms with Crippen molar-refractivity contribution >= 4 is 0 Å². The van der Waals surface area contributed by atoms with Gasteiger partial charge in [-0.1, -0.05) is 0 Å². The molecule has 1 fully saturated rings. The molecule has 0 atom stereocenters. The van der Waals surface area contributed by atoms with Gasteiger partial charge in [0.25, 0.3) is 0 Å². The number of rotatable bonds is 0. The van der Waals surface area contributed by atoms with Crippen molar-refractivity contribution in [2.45, 2.75) is 57.7 Å². The van der Waals surface area contributed by atoms with Crippen LogP contribution in [0.25, 0.3) is 0 Å². The second-order valence-corrected chi connectivity index (χ2v) is 4.97. The zero-order chi connectivity index (χ0) is 9.57. The number of hydroxylamine groups is 2. The van der Waals surface area contributed by atoms with Gasteiger partial charge in [-0.05, 0) is 40.5 Å². The van der Waals surface area contributed by atoms with Gasteiger partial charge in [-0.25, -0.2) is 5.11 Å². The van der Waals surface area contributed by atoms with Crippen LogP contribution in [-0.4, -0.2) is 27.5 Å². The Kier molecular flexibility index (Phi) is 2.23. The molecule has 3 heteroatoms. The lowest BCUT2D eigenvalue weighted by atomic mass is 9.80. The summed E-state index contributed by atoms with van der Waals surface area (Å²) in [6.07, 6.45) is 0.498. The first-order valence-corrected chi connectivity index (χ1v) is 4.41. The number of piperidine rings is 1. The van der Waals surface area contributed by atoms with E-state index < -0.39 is 6.10 Å². The average molecular weight is 172 g/mol. The van der Waals surface area contributed by atoms with Gasteiger partial charge in [-0.15, -0.1) is 0 Å². The van der Waals surface area contributed by atoms with Crippen molar-refractivity contribution in [1.29, 1.82) is 0 Å². The lowest BCUT2D eigenvalue weighted by Gasteiger charge is -2.49. The topological polar surface area (TPSA) is 43.4 Å². The van der Waals surface area contributed by atoms with Crippen LogP contribution in [-0.2, 0) is 5.11 Å². The van der Waals surface area contributed by atoms with E-state index >= 15 is 0 Å². The summed E-state index contributed by atoms with van der Waals surface area (Å²) in [6.45, 7) is 7.61. The molecule has 0 aromatic carbocycles. The van der Waals surface area contributed by atoms with Gasteiger partial charge in [-0.3, -0.25) is 0 Å². The molecule has 0 amide bonds. The standard InChI is InChI=1S/C9H18NO2/c1-8(2)5-7(11)6-9(3,4)10(8)12/h7,12H,5-6H2,1-4H3. The third kappa shape index (κ3) is 1.63. The van der Waals surface area contributed by atoms with Crippen LogP contribution in [0.3, 0.4) is 0 Å². The largest absolute Gasteiger partial charge is 0.313 e. The van der Waals surface area contributed by atoms with Crippen molar-refractivity contribution in [1.82, 2.24) is 5.06 Å². The molecule has 0 aromatic heterocycles. The van der Waals surface area contributed by atoms with Gasteiger partial charge in [0, 0.05) is 11.1 Å². The van der Waals surface area contributed by atoms with Crippen LogP contribution < -0.4 is 0 Å². The fraction of sp³-hybridized carbons (Fsp3) is 1.00. The van der Waals surface area contributed by atoms with Crippen LogP contribution in [0.5, 0.6) is 0 Å². The number of nitrogens with zero attached hydrogens (tertiary/aromatic N) is 1. The Morgan fingerprint density at radius 1 is 1.17 bits per heavy atom. The zero-order valence-electron chi connectivity index (χ0n) is 8.29. The molecule has 71 valence electrons. The van der Waals surface area contributed by atoms with Gasteiger partial charge in [-0.2, -0.15) is 5.06 Å². The van der Waals surface area contributed by atoms with E-state index in [-0.39, 0.29) is 11.1 Å². The van der Waals surface area contributed by atoms with E-state index in [4.69, 9.17) is 0 Å². The van der Waals surface area contributed by atoms with Gasteiger partial charge < -0.3 is 5.21 Å². The Morgan fingerprint density at radius 2 is 1.50 bits per heavy atom. The van der Waals surface area contributed by atoms with Crippen LogP contribution in [0.15, 0.2) is 0 Å². The van der Waals surface area contributed by atoms with Crippen LogP contribution in [0.1, 0.15) is 40.5 Å². The first-order chi connectivity index (χ1) is 5.26. The summed E-state index contributed by atoms with van der Waals surface area (Å²) in [5, 5.41) is 22.5. The number of hydrogen-bond donors (Lipinski definition) is 1. The highest BCUT2D eigenvalue weighted by molar-refractivity contribution is 4.95. The second kappa shape index (κ2) is 2.69. The second-order valence-electron chi connectivity index (χ2n) is 4.97. The predicted molar refractivity (Wildman–Crippen MR) is 45.5 cm³/mol. The van der Waals surface area contributed by atoms with Crippen LogP contribution in [0, 0.1) is 0 Å². The van der Waals surface area contributed by atoms with Gasteiger partial charge in [0.2, 0.25) is 0 Å². The van der Waals surface area contributed by atoms with E-state index in [0.29, 0.717) is 12.8 Å². The third-order valence-electron chi connectivity index (χ3n) is 2.60. The van der Waals surface area contributed by atoms with Crippen molar-refractivity contribution in [2.75, 3.05) is 0 Å². The molecule has 0 bridgehead atoms. The first kappa shape index (κ1) is 9.96. The average Bonchev–Trinajstić information content (AvgIpc) is 1.80. The molecular formula is C9H18NO2. The number of hydrogen-bond acceptors (Lipinski definition) is 2. The molecule has 1 heterocycles. The van der Waals surface area contributed by atoms with Gasteiger partial charge in [0.05, 0.1) is 6.10 Å². The molecule has 0 aromatic rings. The molecule has 3 nitrogen and oxygen atoms in total. The quantitative estimate of drug-likeness (QED) is 0.605. The maximum atomic E-state index is 11.4. The van der Waals surface area contributed by atoms with E-state index in [1.165, 1.54) is 5.06 Å². The summed E-state index contributed by atoms with van der Waals surface area (Å²) in [6, 6.07) is 0. The zero-order valence-corrected chi connectivity index (χ0v) is 8.29. The summed E-state index contributed by atoms with van der Waals surface area (Å²) >= 11 is 0. The third-order valence-corrected chi connectivity index (χ3v) is 2.60. The predicted octanol–water partition coefficient (Wildman–Crippen LogP) is 1.83. The molecule has 1 radical (unpaired) electrons. The minimum absolute atomic E-state index is 0.381. The Bertz CT molecular complexity index is 159. The molecule has 0 unspecified atom stereocenters. The normalized spacial score (nSPS) is 30.5. The van der Waals surface area contributed by atoms with E-state index in [9.17, 15) is 10.3 Å². The molecule has 0 aliphatic carbocycles. The summed E-state index contributed by atoms with van der Waals surface area (Å²) in [5.41, 5.74) is -0.762. The van der Waals surface area contributed by atoms with Crippen LogP contribution in [0.4, 0.5) is 0 Å². The highest BCUT2D eigenvalue weighted by atomic mass is 16.5. The monoisotopic (exact) mass is 172 g/mol. The minimum atomic E-state index is -0.543. The van der Waals surface area contributed by atoms with Crippen molar-refractivity contribution < 1.29 is 10.3 Å². The molecule has 12 heavy (non-hydrogen) atoms. The Balaban J connectivity index is 2.84. The fourth-order valence-corrected chi connectivity index (χ4v) is 2.18.